The second-order valence-corrected chi connectivity index (χ2v) is 8.57. The Hall–Kier alpha value is -3.26. The summed E-state index contributed by atoms with van der Waals surface area (Å²) in [5, 5.41) is 3.04. The third-order valence-corrected chi connectivity index (χ3v) is 5.25. The van der Waals surface area contributed by atoms with Gasteiger partial charge in [-0.15, -0.1) is 0 Å². The number of benzene rings is 1. The van der Waals surface area contributed by atoms with Crippen LogP contribution in [0.25, 0.3) is 5.70 Å². The minimum Gasteiger partial charge on any atom is -0.490 e. The number of rotatable bonds is 7. The van der Waals surface area contributed by atoms with Crippen LogP contribution in [-0.2, 0) is 0 Å². The molecule has 3 rings (SSSR count). The van der Waals surface area contributed by atoms with E-state index in [1.807, 2.05) is 19.9 Å². The second-order valence-electron chi connectivity index (χ2n) is 8.57. The van der Waals surface area contributed by atoms with Gasteiger partial charge < -0.3 is 31.3 Å². The standard InChI is InChI=1S/C23H32N6O2/c1-16(24)21-18(25)6-5-7-19(21)31-15-23(2,3)27-22(30)17-8-9-26-20(14-17)29-12-10-28(4)11-13-29/h5-9,14H,1,10-13,15,24-25H2,2-4H3,(H,27,30). The topological polar surface area (TPSA) is 110 Å². The molecule has 0 radical (unpaired) electrons. The average Bonchev–Trinajstić information content (AvgIpc) is 2.72. The van der Waals surface area contributed by atoms with Gasteiger partial charge in [-0.05, 0) is 45.2 Å². The number of nitrogens with zero attached hydrogens (tertiary/aromatic N) is 3. The van der Waals surface area contributed by atoms with Crippen LogP contribution in [0.5, 0.6) is 5.75 Å². The zero-order valence-corrected chi connectivity index (χ0v) is 18.5. The van der Waals surface area contributed by atoms with E-state index in [2.05, 4.69) is 33.7 Å². The summed E-state index contributed by atoms with van der Waals surface area (Å²) in [6.45, 7) is 11.5. The molecule has 5 N–H and O–H groups in total. The van der Waals surface area contributed by atoms with Gasteiger partial charge in [0.25, 0.3) is 5.91 Å². The Morgan fingerprint density at radius 3 is 2.65 bits per heavy atom. The van der Waals surface area contributed by atoms with E-state index >= 15 is 0 Å². The minimum atomic E-state index is -0.633. The summed E-state index contributed by atoms with van der Waals surface area (Å²) in [4.78, 5) is 21.8. The van der Waals surface area contributed by atoms with Gasteiger partial charge in [-0.2, -0.15) is 0 Å². The Balaban J connectivity index is 1.65. The van der Waals surface area contributed by atoms with Gasteiger partial charge in [0, 0.05) is 49.3 Å². The molecule has 1 saturated heterocycles. The molecule has 0 atom stereocenters. The quantitative estimate of drug-likeness (QED) is 0.583. The molecule has 0 bridgehead atoms. The van der Waals surface area contributed by atoms with Crippen molar-refractivity contribution in [2.45, 2.75) is 19.4 Å². The number of hydrogen-bond acceptors (Lipinski definition) is 7. The first kappa shape index (κ1) is 22.4. The van der Waals surface area contributed by atoms with Crippen LogP contribution in [0.3, 0.4) is 0 Å². The molecular weight excluding hydrogens is 392 g/mol. The highest BCUT2D eigenvalue weighted by Crippen LogP contribution is 2.29. The summed E-state index contributed by atoms with van der Waals surface area (Å²) in [5.41, 5.74) is 13.2. The number of anilines is 2. The smallest absolute Gasteiger partial charge is 0.252 e. The van der Waals surface area contributed by atoms with Crippen molar-refractivity contribution in [3.63, 3.8) is 0 Å². The van der Waals surface area contributed by atoms with Crippen LogP contribution in [0, 0.1) is 0 Å². The van der Waals surface area contributed by atoms with Crippen LogP contribution < -0.4 is 26.4 Å². The number of carbonyl (C=O) groups is 1. The van der Waals surface area contributed by atoms with E-state index in [-0.39, 0.29) is 12.5 Å². The molecule has 0 aliphatic carbocycles. The van der Waals surface area contributed by atoms with Crippen molar-refractivity contribution in [3.8, 4) is 5.75 Å². The molecule has 31 heavy (non-hydrogen) atoms. The Bertz CT molecular complexity index is 951. The maximum absolute atomic E-state index is 12.9. The fraction of sp³-hybridized carbons (Fsp3) is 0.391. The molecule has 1 aromatic carbocycles. The molecule has 1 aliphatic rings. The molecule has 0 unspecified atom stereocenters. The average molecular weight is 425 g/mol. The molecule has 0 spiro atoms. The van der Waals surface area contributed by atoms with E-state index in [9.17, 15) is 4.79 Å². The van der Waals surface area contributed by atoms with Crippen molar-refractivity contribution in [1.82, 2.24) is 15.2 Å². The van der Waals surface area contributed by atoms with Gasteiger partial charge in [0.05, 0.1) is 11.1 Å². The number of pyridine rings is 1. The Morgan fingerprint density at radius 2 is 1.97 bits per heavy atom. The number of ether oxygens (including phenoxy) is 1. The lowest BCUT2D eigenvalue weighted by molar-refractivity contribution is 0.0880. The van der Waals surface area contributed by atoms with E-state index < -0.39 is 5.54 Å². The normalized spacial score (nSPS) is 14.9. The van der Waals surface area contributed by atoms with Crippen LogP contribution in [0.4, 0.5) is 11.5 Å². The lowest BCUT2D eigenvalue weighted by atomic mass is 10.1. The number of likely N-dealkylation sites (N-methyl/N-ethyl adjacent to an activating group) is 1. The van der Waals surface area contributed by atoms with Crippen molar-refractivity contribution in [3.05, 3.63) is 54.2 Å². The number of carbonyl (C=O) groups excluding carboxylic acids is 1. The highest BCUT2D eigenvalue weighted by Gasteiger charge is 2.24. The SMILES string of the molecule is C=C(N)c1c(N)cccc1OCC(C)(C)NC(=O)c1ccnc(N2CCN(C)CC2)c1. The molecule has 1 amide bonds. The minimum absolute atomic E-state index is 0.178. The van der Waals surface area contributed by atoms with Crippen LogP contribution in [-0.4, -0.2) is 61.2 Å². The first-order valence-corrected chi connectivity index (χ1v) is 10.3. The molecule has 2 aromatic rings. The molecule has 1 aliphatic heterocycles. The maximum Gasteiger partial charge on any atom is 0.252 e. The highest BCUT2D eigenvalue weighted by molar-refractivity contribution is 5.95. The van der Waals surface area contributed by atoms with E-state index in [4.69, 9.17) is 16.2 Å². The zero-order chi connectivity index (χ0) is 22.6. The lowest BCUT2D eigenvalue weighted by Crippen LogP contribution is -2.48. The summed E-state index contributed by atoms with van der Waals surface area (Å²) in [7, 11) is 2.11. The Morgan fingerprint density at radius 1 is 1.26 bits per heavy atom. The van der Waals surface area contributed by atoms with E-state index in [0.717, 1.165) is 32.0 Å². The second kappa shape index (κ2) is 9.26. The number of nitrogens with one attached hydrogen (secondary N) is 1. The maximum atomic E-state index is 12.9. The van der Waals surface area contributed by atoms with Crippen LogP contribution in [0.15, 0.2) is 43.1 Å². The third-order valence-electron chi connectivity index (χ3n) is 5.25. The fourth-order valence-electron chi connectivity index (χ4n) is 3.45. The number of aromatic nitrogens is 1. The largest absolute Gasteiger partial charge is 0.490 e. The first-order valence-electron chi connectivity index (χ1n) is 10.3. The molecule has 0 saturated carbocycles. The number of hydrogen-bond donors (Lipinski definition) is 3. The van der Waals surface area contributed by atoms with Gasteiger partial charge in [0.2, 0.25) is 0 Å². The summed E-state index contributed by atoms with van der Waals surface area (Å²) < 4.78 is 5.95. The van der Waals surface area contributed by atoms with Gasteiger partial charge >= 0.3 is 0 Å². The summed E-state index contributed by atoms with van der Waals surface area (Å²) >= 11 is 0. The predicted octanol–water partition coefficient (Wildman–Crippen LogP) is 1.93. The summed E-state index contributed by atoms with van der Waals surface area (Å²) in [6.07, 6.45) is 1.68. The Kier molecular flexibility index (Phi) is 6.70. The highest BCUT2D eigenvalue weighted by atomic mass is 16.5. The van der Waals surface area contributed by atoms with E-state index in [0.29, 0.717) is 28.3 Å². The number of nitrogens with two attached hydrogens (primary N) is 2. The van der Waals surface area contributed by atoms with Crippen molar-refractivity contribution < 1.29 is 9.53 Å². The lowest BCUT2D eigenvalue weighted by Gasteiger charge is -2.33. The summed E-state index contributed by atoms with van der Waals surface area (Å²) in [5.74, 6) is 1.18. The molecule has 8 nitrogen and oxygen atoms in total. The molecule has 1 fully saturated rings. The summed E-state index contributed by atoms with van der Waals surface area (Å²) in [6, 6.07) is 8.88. The molecule has 2 heterocycles. The van der Waals surface area contributed by atoms with Gasteiger partial charge in [-0.25, -0.2) is 4.98 Å². The van der Waals surface area contributed by atoms with Crippen LogP contribution in [0.1, 0.15) is 29.8 Å². The molecule has 166 valence electrons. The molecule has 8 heteroatoms. The van der Waals surface area contributed by atoms with E-state index in [1.54, 1.807) is 30.5 Å². The zero-order valence-electron chi connectivity index (χ0n) is 18.5. The van der Waals surface area contributed by atoms with Crippen molar-refractivity contribution >= 4 is 23.1 Å². The number of piperazine rings is 1. The van der Waals surface area contributed by atoms with E-state index in [1.165, 1.54) is 0 Å². The van der Waals surface area contributed by atoms with Crippen LogP contribution in [0.2, 0.25) is 0 Å². The Labute approximate surface area is 183 Å². The molecular formula is C23H32N6O2. The van der Waals surface area contributed by atoms with Gasteiger partial charge in [-0.3, -0.25) is 4.79 Å². The van der Waals surface area contributed by atoms with Crippen molar-refractivity contribution in [1.29, 1.82) is 0 Å². The fourth-order valence-corrected chi connectivity index (χ4v) is 3.45. The molecule has 1 aromatic heterocycles. The third kappa shape index (κ3) is 5.67. The van der Waals surface area contributed by atoms with Crippen molar-refractivity contribution in [2.24, 2.45) is 5.73 Å². The monoisotopic (exact) mass is 424 g/mol. The van der Waals surface area contributed by atoms with Gasteiger partial charge in [0.1, 0.15) is 18.2 Å². The van der Waals surface area contributed by atoms with Crippen LogP contribution >= 0.6 is 0 Å². The van der Waals surface area contributed by atoms with Gasteiger partial charge in [0.15, 0.2) is 0 Å². The number of amides is 1. The first-order chi connectivity index (χ1) is 14.7. The van der Waals surface area contributed by atoms with Crippen molar-refractivity contribution in [2.75, 3.05) is 50.5 Å². The predicted molar refractivity (Wildman–Crippen MR) is 125 cm³/mol. The number of nitrogen functional groups attached to an aromatic ring is 1. The van der Waals surface area contributed by atoms with Gasteiger partial charge in [-0.1, -0.05) is 12.6 Å².